The highest BCUT2D eigenvalue weighted by Gasteiger charge is 2.16. The first-order valence-corrected chi connectivity index (χ1v) is 6.38. The molecule has 0 heterocycles. The van der Waals surface area contributed by atoms with Crippen LogP contribution in [0.4, 0.5) is 11.4 Å². The van der Waals surface area contributed by atoms with Crippen molar-refractivity contribution < 1.29 is 14.8 Å². The van der Waals surface area contributed by atoms with Crippen LogP contribution in [-0.2, 0) is 0 Å². The lowest BCUT2D eigenvalue weighted by Crippen LogP contribution is -2.11. The predicted octanol–water partition coefficient (Wildman–Crippen LogP) is 3.86. The van der Waals surface area contributed by atoms with Gasteiger partial charge in [0.2, 0.25) is 0 Å². The maximum absolute atomic E-state index is 12.0. The number of nitrogens with zero attached hydrogens (tertiary/aromatic N) is 1. The summed E-state index contributed by atoms with van der Waals surface area (Å²) >= 11 is 11.6. The fourth-order valence-corrected chi connectivity index (χ4v) is 1.89. The molecule has 0 spiro atoms. The first-order chi connectivity index (χ1) is 9.88. The highest BCUT2D eigenvalue weighted by molar-refractivity contribution is 6.42. The second kappa shape index (κ2) is 5.99. The molecule has 0 saturated heterocycles. The van der Waals surface area contributed by atoms with Gasteiger partial charge in [0.1, 0.15) is 0 Å². The van der Waals surface area contributed by atoms with E-state index in [0.29, 0.717) is 10.7 Å². The van der Waals surface area contributed by atoms with Crippen LogP contribution in [0.1, 0.15) is 10.4 Å². The van der Waals surface area contributed by atoms with Crippen molar-refractivity contribution in [3.63, 3.8) is 0 Å². The summed E-state index contributed by atoms with van der Waals surface area (Å²) in [4.78, 5) is 21.8. The van der Waals surface area contributed by atoms with Gasteiger partial charge in [-0.05, 0) is 30.3 Å². The van der Waals surface area contributed by atoms with Gasteiger partial charge >= 0.3 is 5.69 Å². The lowest BCUT2D eigenvalue weighted by Gasteiger charge is -2.07. The summed E-state index contributed by atoms with van der Waals surface area (Å²) in [7, 11) is 0. The van der Waals surface area contributed by atoms with Crippen LogP contribution in [0.5, 0.6) is 5.75 Å². The van der Waals surface area contributed by atoms with Gasteiger partial charge in [-0.2, -0.15) is 0 Å². The van der Waals surface area contributed by atoms with E-state index in [-0.39, 0.29) is 10.6 Å². The van der Waals surface area contributed by atoms with Crippen LogP contribution in [0.15, 0.2) is 36.4 Å². The third kappa shape index (κ3) is 3.42. The van der Waals surface area contributed by atoms with Crippen molar-refractivity contribution in [2.45, 2.75) is 0 Å². The number of nitro groups is 1. The molecule has 8 heteroatoms. The maximum atomic E-state index is 12.0. The van der Waals surface area contributed by atoms with E-state index in [1.54, 1.807) is 6.07 Å². The van der Waals surface area contributed by atoms with Crippen molar-refractivity contribution >= 4 is 40.5 Å². The van der Waals surface area contributed by atoms with Crippen molar-refractivity contribution in [1.82, 2.24) is 0 Å². The minimum absolute atomic E-state index is 0.0733. The maximum Gasteiger partial charge on any atom is 0.310 e. The molecule has 21 heavy (non-hydrogen) atoms. The minimum atomic E-state index is -0.740. The van der Waals surface area contributed by atoms with E-state index >= 15 is 0 Å². The molecule has 0 fully saturated rings. The zero-order valence-electron chi connectivity index (χ0n) is 10.3. The Hall–Kier alpha value is -2.31. The van der Waals surface area contributed by atoms with Gasteiger partial charge in [-0.15, -0.1) is 0 Å². The zero-order valence-corrected chi connectivity index (χ0v) is 11.9. The number of amides is 1. The Kier molecular flexibility index (Phi) is 4.30. The van der Waals surface area contributed by atoms with Crippen LogP contribution in [-0.4, -0.2) is 15.9 Å². The van der Waals surface area contributed by atoms with Gasteiger partial charge in [0.25, 0.3) is 5.91 Å². The number of anilines is 1. The number of nitro benzene ring substituents is 1. The summed E-state index contributed by atoms with van der Waals surface area (Å²) in [5, 5.41) is 23.2. The Morgan fingerprint density at radius 2 is 1.86 bits per heavy atom. The number of hydrogen-bond donors (Lipinski definition) is 2. The molecular weight excluding hydrogens is 319 g/mol. The van der Waals surface area contributed by atoms with E-state index < -0.39 is 22.3 Å². The van der Waals surface area contributed by atoms with Gasteiger partial charge in [-0.25, -0.2) is 0 Å². The highest BCUT2D eigenvalue weighted by Crippen LogP contribution is 2.28. The molecule has 0 bridgehead atoms. The van der Waals surface area contributed by atoms with Gasteiger partial charge in [0.15, 0.2) is 5.75 Å². The Labute approximate surface area is 129 Å². The molecule has 0 aliphatic heterocycles. The number of phenols is 1. The van der Waals surface area contributed by atoms with Gasteiger partial charge < -0.3 is 10.4 Å². The quantitative estimate of drug-likeness (QED) is 0.661. The largest absolute Gasteiger partial charge is 0.502 e. The topological polar surface area (TPSA) is 92.5 Å². The Balaban J connectivity index is 2.22. The van der Waals surface area contributed by atoms with E-state index in [2.05, 4.69) is 5.32 Å². The van der Waals surface area contributed by atoms with E-state index in [0.717, 1.165) is 12.1 Å². The summed E-state index contributed by atoms with van der Waals surface area (Å²) in [6.45, 7) is 0. The van der Waals surface area contributed by atoms with E-state index in [1.807, 2.05) is 0 Å². The summed E-state index contributed by atoms with van der Waals surface area (Å²) in [6, 6.07) is 7.85. The third-order valence-electron chi connectivity index (χ3n) is 2.61. The van der Waals surface area contributed by atoms with E-state index in [4.69, 9.17) is 23.2 Å². The number of carbonyl (C=O) groups excluding carboxylic acids is 1. The average molecular weight is 327 g/mol. The Bertz CT molecular complexity index is 734. The molecule has 0 unspecified atom stereocenters. The first kappa shape index (κ1) is 15.1. The first-order valence-electron chi connectivity index (χ1n) is 5.62. The molecule has 2 N–H and O–H groups in total. The molecule has 1 amide bonds. The molecule has 0 radical (unpaired) electrons. The van der Waals surface area contributed by atoms with Crippen LogP contribution < -0.4 is 5.32 Å². The molecule has 0 aliphatic carbocycles. The Morgan fingerprint density at radius 1 is 1.14 bits per heavy atom. The highest BCUT2D eigenvalue weighted by atomic mass is 35.5. The fourth-order valence-electron chi connectivity index (χ4n) is 1.60. The molecule has 2 aromatic carbocycles. The standard InChI is InChI=1S/C13H8Cl2N2O4/c14-9-3-2-8(6-10(9)15)16-13(19)7-1-4-11(17(20)21)12(18)5-7/h1-6,18H,(H,16,19). The van der Waals surface area contributed by atoms with Crippen molar-refractivity contribution in [1.29, 1.82) is 0 Å². The number of nitrogens with one attached hydrogen (secondary N) is 1. The minimum Gasteiger partial charge on any atom is -0.502 e. The Morgan fingerprint density at radius 3 is 2.43 bits per heavy atom. The van der Waals surface area contributed by atoms with E-state index in [1.165, 1.54) is 18.2 Å². The number of benzene rings is 2. The van der Waals surface area contributed by atoms with Crippen molar-refractivity contribution in [2.75, 3.05) is 5.32 Å². The summed E-state index contributed by atoms with van der Waals surface area (Å²) in [5.74, 6) is -1.12. The predicted molar refractivity (Wildman–Crippen MR) is 79.2 cm³/mol. The normalized spacial score (nSPS) is 10.2. The summed E-state index contributed by atoms with van der Waals surface area (Å²) < 4.78 is 0. The number of halogens is 2. The second-order valence-corrected chi connectivity index (χ2v) is 4.86. The van der Waals surface area contributed by atoms with Gasteiger partial charge in [0, 0.05) is 17.3 Å². The zero-order chi connectivity index (χ0) is 15.6. The fraction of sp³-hybridized carbons (Fsp3) is 0. The van der Waals surface area contributed by atoms with Gasteiger partial charge in [-0.1, -0.05) is 23.2 Å². The molecular formula is C13H8Cl2N2O4. The molecule has 0 atom stereocenters. The monoisotopic (exact) mass is 326 g/mol. The van der Waals surface area contributed by atoms with Crippen molar-refractivity contribution in [2.24, 2.45) is 0 Å². The molecule has 0 saturated carbocycles. The summed E-state index contributed by atoms with van der Waals surface area (Å²) in [5.41, 5.74) is 0.0116. The number of hydrogen-bond acceptors (Lipinski definition) is 4. The van der Waals surface area contributed by atoms with Gasteiger partial charge in [0.05, 0.1) is 15.0 Å². The molecule has 6 nitrogen and oxygen atoms in total. The SMILES string of the molecule is O=C(Nc1ccc(Cl)c(Cl)c1)c1ccc([N+](=O)[O-])c(O)c1. The number of phenolic OH excluding ortho intramolecular Hbond substituents is 1. The third-order valence-corrected chi connectivity index (χ3v) is 3.35. The molecule has 0 aromatic heterocycles. The van der Waals surface area contributed by atoms with Gasteiger partial charge in [-0.3, -0.25) is 14.9 Å². The average Bonchev–Trinajstić information content (AvgIpc) is 2.42. The van der Waals surface area contributed by atoms with Crippen molar-refractivity contribution in [3.05, 3.63) is 62.1 Å². The number of aromatic hydroxyl groups is 1. The molecule has 2 aromatic rings. The lowest BCUT2D eigenvalue weighted by molar-refractivity contribution is -0.385. The van der Waals surface area contributed by atoms with Crippen LogP contribution in [0.3, 0.4) is 0 Å². The molecule has 0 aliphatic rings. The number of carbonyl (C=O) groups is 1. The van der Waals surface area contributed by atoms with Crippen LogP contribution in [0, 0.1) is 10.1 Å². The number of rotatable bonds is 3. The van der Waals surface area contributed by atoms with E-state index in [9.17, 15) is 20.0 Å². The summed E-state index contributed by atoms with van der Waals surface area (Å²) in [6.07, 6.45) is 0. The van der Waals surface area contributed by atoms with Crippen LogP contribution >= 0.6 is 23.2 Å². The van der Waals surface area contributed by atoms with Crippen LogP contribution in [0.25, 0.3) is 0 Å². The second-order valence-electron chi connectivity index (χ2n) is 4.04. The smallest absolute Gasteiger partial charge is 0.310 e. The molecule has 2 rings (SSSR count). The van der Waals surface area contributed by atoms with Crippen LogP contribution in [0.2, 0.25) is 10.0 Å². The van der Waals surface area contributed by atoms with Crippen molar-refractivity contribution in [3.8, 4) is 5.75 Å². The lowest BCUT2D eigenvalue weighted by atomic mass is 10.1. The molecule has 108 valence electrons.